The second kappa shape index (κ2) is 6.37. The van der Waals surface area contributed by atoms with Gasteiger partial charge in [-0.1, -0.05) is 13.0 Å². The summed E-state index contributed by atoms with van der Waals surface area (Å²) < 4.78 is 19.9. The molecular weight excluding hydrogens is 287 g/mol. The molecule has 0 saturated heterocycles. The molecular formula is C16H17FN2OS. The maximum atomic E-state index is 13.2. The van der Waals surface area contributed by atoms with Crippen LogP contribution >= 0.6 is 11.3 Å². The van der Waals surface area contributed by atoms with E-state index in [1.807, 2.05) is 6.07 Å². The minimum Gasteiger partial charge on any atom is -0.440 e. The van der Waals surface area contributed by atoms with Gasteiger partial charge in [0, 0.05) is 17.7 Å². The zero-order chi connectivity index (χ0) is 14.7. The SMILES string of the molecule is CCCNCCc1ncc(-c2cc3ccc(F)cc3s2)o1. The Hall–Kier alpha value is -1.72. The van der Waals surface area contributed by atoms with Crippen molar-refractivity contribution in [3.8, 4) is 10.6 Å². The second-order valence-corrected chi connectivity index (χ2v) is 5.99. The number of nitrogens with zero attached hydrogens (tertiary/aromatic N) is 1. The highest BCUT2D eigenvalue weighted by Gasteiger charge is 2.10. The molecule has 0 aliphatic rings. The van der Waals surface area contributed by atoms with Crippen molar-refractivity contribution in [2.24, 2.45) is 0 Å². The minimum atomic E-state index is -0.212. The molecule has 2 aromatic heterocycles. The number of rotatable bonds is 6. The monoisotopic (exact) mass is 304 g/mol. The zero-order valence-electron chi connectivity index (χ0n) is 11.9. The molecule has 110 valence electrons. The van der Waals surface area contributed by atoms with E-state index < -0.39 is 0 Å². The van der Waals surface area contributed by atoms with E-state index >= 15 is 0 Å². The van der Waals surface area contributed by atoms with Gasteiger partial charge in [-0.3, -0.25) is 0 Å². The maximum absolute atomic E-state index is 13.2. The number of aromatic nitrogens is 1. The summed E-state index contributed by atoms with van der Waals surface area (Å²) in [6.07, 6.45) is 3.64. The molecule has 3 rings (SSSR count). The Morgan fingerprint density at radius 2 is 2.19 bits per heavy atom. The summed E-state index contributed by atoms with van der Waals surface area (Å²) in [5, 5.41) is 4.35. The highest BCUT2D eigenvalue weighted by molar-refractivity contribution is 7.22. The third-order valence-corrected chi connectivity index (χ3v) is 4.33. The molecule has 0 amide bonds. The molecule has 1 aromatic carbocycles. The van der Waals surface area contributed by atoms with Gasteiger partial charge >= 0.3 is 0 Å². The van der Waals surface area contributed by atoms with Gasteiger partial charge in [0.2, 0.25) is 0 Å². The van der Waals surface area contributed by atoms with Crippen molar-refractivity contribution in [3.63, 3.8) is 0 Å². The standard InChI is InChI=1S/C16H17FN2OS/c1-2-6-18-7-5-16-19-10-13(20-16)15-8-11-3-4-12(17)9-14(11)21-15/h3-4,8-10,18H,2,5-7H2,1H3. The van der Waals surface area contributed by atoms with E-state index in [-0.39, 0.29) is 5.82 Å². The summed E-state index contributed by atoms with van der Waals surface area (Å²) in [5.41, 5.74) is 0. The molecule has 0 spiro atoms. The molecule has 0 fully saturated rings. The van der Waals surface area contributed by atoms with Crippen molar-refractivity contribution in [3.05, 3.63) is 42.2 Å². The molecule has 0 unspecified atom stereocenters. The minimum absolute atomic E-state index is 0.212. The Morgan fingerprint density at radius 1 is 1.29 bits per heavy atom. The summed E-state index contributed by atoms with van der Waals surface area (Å²) in [6.45, 7) is 4.02. The van der Waals surface area contributed by atoms with Crippen LogP contribution in [-0.4, -0.2) is 18.1 Å². The van der Waals surface area contributed by atoms with Gasteiger partial charge in [-0.05, 0) is 36.6 Å². The topological polar surface area (TPSA) is 38.1 Å². The summed E-state index contributed by atoms with van der Waals surface area (Å²) in [4.78, 5) is 5.29. The molecule has 21 heavy (non-hydrogen) atoms. The molecule has 0 aliphatic heterocycles. The fourth-order valence-electron chi connectivity index (χ4n) is 2.16. The van der Waals surface area contributed by atoms with Crippen molar-refractivity contribution >= 4 is 21.4 Å². The predicted molar refractivity (Wildman–Crippen MR) is 84.1 cm³/mol. The van der Waals surface area contributed by atoms with Crippen LogP contribution in [0.3, 0.4) is 0 Å². The highest BCUT2D eigenvalue weighted by atomic mass is 32.1. The fraction of sp³-hybridized carbons (Fsp3) is 0.312. The lowest BCUT2D eigenvalue weighted by Gasteiger charge is -1.98. The number of halogens is 1. The van der Waals surface area contributed by atoms with Crippen LogP contribution in [0.5, 0.6) is 0 Å². The van der Waals surface area contributed by atoms with Crippen LogP contribution in [0.15, 0.2) is 34.9 Å². The van der Waals surface area contributed by atoms with Gasteiger partial charge in [-0.2, -0.15) is 0 Å². The number of fused-ring (bicyclic) bond motifs is 1. The molecule has 0 bridgehead atoms. The third-order valence-electron chi connectivity index (χ3n) is 3.22. The van der Waals surface area contributed by atoms with E-state index in [4.69, 9.17) is 4.42 Å². The largest absolute Gasteiger partial charge is 0.440 e. The van der Waals surface area contributed by atoms with Gasteiger partial charge in [0.1, 0.15) is 5.82 Å². The molecule has 2 heterocycles. The summed E-state index contributed by atoms with van der Waals surface area (Å²) in [5.74, 6) is 1.27. The van der Waals surface area contributed by atoms with E-state index in [9.17, 15) is 4.39 Å². The Morgan fingerprint density at radius 3 is 3.05 bits per heavy atom. The van der Waals surface area contributed by atoms with E-state index in [2.05, 4.69) is 17.2 Å². The van der Waals surface area contributed by atoms with Crippen LogP contribution < -0.4 is 5.32 Å². The van der Waals surface area contributed by atoms with Crippen LogP contribution in [0.25, 0.3) is 20.7 Å². The predicted octanol–water partition coefficient (Wildman–Crippen LogP) is 4.24. The molecule has 1 N–H and O–H groups in total. The first-order valence-electron chi connectivity index (χ1n) is 7.11. The van der Waals surface area contributed by atoms with Crippen LogP contribution in [0, 0.1) is 5.82 Å². The zero-order valence-corrected chi connectivity index (χ0v) is 12.7. The van der Waals surface area contributed by atoms with Crippen LogP contribution in [0.1, 0.15) is 19.2 Å². The highest BCUT2D eigenvalue weighted by Crippen LogP contribution is 2.34. The second-order valence-electron chi connectivity index (χ2n) is 4.91. The Kier molecular flexibility index (Phi) is 4.31. The van der Waals surface area contributed by atoms with E-state index in [0.717, 1.165) is 52.5 Å². The Bertz CT molecular complexity index is 735. The lowest BCUT2D eigenvalue weighted by atomic mass is 10.2. The van der Waals surface area contributed by atoms with Gasteiger partial charge in [-0.15, -0.1) is 11.3 Å². The first-order chi connectivity index (χ1) is 10.3. The van der Waals surface area contributed by atoms with Crippen molar-refractivity contribution < 1.29 is 8.81 Å². The van der Waals surface area contributed by atoms with Crippen molar-refractivity contribution in [1.82, 2.24) is 10.3 Å². The van der Waals surface area contributed by atoms with E-state index in [0.29, 0.717) is 0 Å². The van der Waals surface area contributed by atoms with Gasteiger partial charge < -0.3 is 9.73 Å². The van der Waals surface area contributed by atoms with Crippen molar-refractivity contribution in [2.45, 2.75) is 19.8 Å². The number of nitrogens with one attached hydrogen (secondary N) is 1. The Labute approximate surface area is 126 Å². The third kappa shape index (κ3) is 3.31. The van der Waals surface area contributed by atoms with Gasteiger partial charge in [0.15, 0.2) is 11.7 Å². The van der Waals surface area contributed by atoms with Crippen molar-refractivity contribution in [1.29, 1.82) is 0 Å². The number of hydrogen-bond acceptors (Lipinski definition) is 4. The average Bonchev–Trinajstić information content (AvgIpc) is 3.09. The molecule has 0 radical (unpaired) electrons. The van der Waals surface area contributed by atoms with Crippen LogP contribution in [0.4, 0.5) is 4.39 Å². The van der Waals surface area contributed by atoms with E-state index in [1.54, 1.807) is 18.3 Å². The molecule has 5 heteroatoms. The van der Waals surface area contributed by atoms with Gasteiger partial charge in [0.05, 0.1) is 11.1 Å². The molecule has 0 saturated carbocycles. The fourth-order valence-corrected chi connectivity index (χ4v) is 3.20. The first-order valence-corrected chi connectivity index (χ1v) is 7.93. The molecule has 3 aromatic rings. The quantitative estimate of drug-likeness (QED) is 0.692. The molecule has 0 atom stereocenters. The van der Waals surface area contributed by atoms with Crippen molar-refractivity contribution in [2.75, 3.05) is 13.1 Å². The van der Waals surface area contributed by atoms with Crippen LogP contribution in [-0.2, 0) is 6.42 Å². The Balaban J connectivity index is 1.75. The number of benzene rings is 1. The number of thiophene rings is 1. The number of oxazole rings is 1. The molecule has 0 aliphatic carbocycles. The number of hydrogen-bond donors (Lipinski definition) is 1. The van der Waals surface area contributed by atoms with E-state index in [1.165, 1.54) is 17.4 Å². The summed E-state index contributed by atoms with van der Waals surface area (Å²) >= 11 is 1.52. The lowest BCUT2D eigenvalue weighted by molar-refractivity contribution is 0.496. The lowest BCUT2D eigenvalue weighted by Crippen LogP contribution is -2.17. The average molecular weight is 304 g/mol. The van der Waals surface area contributed by atoms with Gasteiger partial charge in [0.25, 0.3) is 0 Å². The van der Waals surface area contributed by atoms with Crippen LogP contribution in [0.2, 0.25) is 0 Å². The molecule has 3 nitrogen and oxygen atoms in total. The summed E-state index contributed by atoms with van der Waals surface area (Å²) in [7, 11) is 0. The maximum Gasteiger partial charge on any atom is 0.196 e. The van der Waals surface area contributed by atoms with Gasteiger partial charge in [-0.25, -0.2) is 9.37 Å². The first kappa shape index (κ1) is 14.2. The smallest absolute Gasteiger partial charge is 0.196 e. The summed E-state index contributed by atoms with van der Waals surface area (Å²) in [6, 6.07) is 6.83. The normalized spacial score (nSPS) is 11.3.